The highest BCUT2D eigenvalue weighted by atomic mass is 35.5. The highest BCUT2D eigenvalue weighted by Crippen LogP contribution is 2.37. The molecule has 1 aromatic carbocycles. The second-order valence-electron chi connectivity index (χ2n) is 7.77. The highest BCUT2D eigenvalue weighted by molar-refractivity contribution is 6.30. The second kappa shape index (κ2) is 7.00. The van der Waals surface area contributed by atoms with E-state index in [-0.39, 0.29) is 11.2 Å². The van der Waals surface area contributed by atoms with Crippen LogP contribution in [0.15, 0.2) is 45.8 Å². The van der Waals surface area contributed by atoms with E-state index in [2.05, 4.69) is 15.2 Å². The van der Waals surface area contributed by atoms with Gasteiger partial charge in [0, 0.05) is 41.9 Å². The van der Waals surface area contributed by atoms with Crippen LogP contribution in [0.5, 0.6) is 0 Å². The van der Waals surface area contributed by atoms with Crippen molar-refractivity contribution < 1.29 is 9.26 Å². The van der Waals surface area contributed by atoms with E-state index in [4.69, 9.17) is 20.9 Å². The summed E-state index contributed by atoms with van der Waals surface area (Å²) in [7, 11) is 0. The van der Waals surface area contributed by atoms with Crippen LogP contribution in [0.4, 0.5) is 5.69 Å². The number of nitrogens with zero attached hydrogens (tertiary/aromatic N) is 4. The van der Waals surface area contributed by atoms with Crippen LogP contribution in [0, 0.1) is 6.92 Å². The quantitative estimate of drug-likeness (QED) is 0.654. The minimum atomic E-state index is -0.154. The van der Waals surface area contributed by atoms with Gasteiger partial charge in [0.15, 0.2) is 0 Å². The molecule has 0 bridgehead atoms. The molecule has 4 heterocycles. The number of rotatable bonds is 4. The average molecular weight is 413 g/mol. The molecule has 1 spiro atoms. The fourth-order valence-corrected chi connectivity index (χ4v) is 4.24. The van der Waals surface area contributed by atoms with Gasteiger partial charge < -0.3 is 14.2 Å². The van der Waals surface area contributed by atoms with Crippen LogP contribution < -0.4 is 10.5 Å². The van der Waals surface area contributed by atoms with Gasteiger partial charge in [-0.2, -0.15) is 5.10 Å². The lowest BCUT2D eigenvalue weighted by molar-refractivity contribution is -0.0181. The summed E-state index contributed by atoms with van der Waals surface area (Å²) >= 11 is 5.98. The van der Waals surface area contributed by atoms with Crippen molar-refractivity contribution in [2.75, 3.05) is 24.6 Å². The summed E-state index contributed by atoms with van der Waals surface area (Å²) in [6, 6.07) is 9.01. The SMILES string of the molecule is Cc1onc(-c2ccc(Cl)cc2)c1Cn1ncc(N2CC3(CCCO3)C2)cc1=O. The molecule has 0 unspecified atom stereocenters. The van der Waals surface area contributed by atoms with Gasteiger partial charge in [0.05, 0.1) is 18.4 Å². The number of hydrogen-bond donors (Lipinski definition) is 0. The second-order valence-corrected chi connectivity index (χ2v) is 8.21. The number of anilines is 1. The molecule has 0 aliphatic carbocycles. The first-order chi connectivity index (χ1) is 14.0. The molecule has 0 amide bonds. The molecule has 0 saturated carbocycles. The Hall–Kier alpha value is -2.64. The fourth-order valence-electron chi connectivity index (χ4n) is 4.11. The first-order valence-electron chi connectivity index (χ1n) is 9.70. The van der Waals surface area contributed by atoms with Crippen LogP contribution in [0.2, 0.25) is 5.02 Å². The highest BCUT2D eigenvalue weighted by Gasteiger charge is 2.46. The number of halogens is 1. The smallest absolute Gasteiger partial charge is 0.269 e. The Labute approximate surface area is 172 Å². The van der Waals surface area contributed by atoms with E-state index in [9.17, 15) is 4.79 Å². The van der Waals surface area contributed by atoms with Crippen LogP contribution >= 0.6 is 11.6 Å². The molecular formula is C21H21ClN4O3. The number of hydrogen-bond acceptors (Lipinski definition) is 6. The minimum absolute atomic E-state index is 0.0120. The third-order valence-corrected chi connectivity index (χ3v) is 6.03. The lowest BCUT2D eigenvalue weighted by Gasteiger charge is -2.48. The lowest BCUT2D eigenvalue weighted by atomic mass is 9.90. The Bertz CT molecular complexity index is 1090. The summed E-state index contributed by atoms with van der Waals surface area (Å²) in [5, 5.41) is 9.21. The Morgan fingerprint density at radius 3 is 2.72 bits per heavy atom. The standard InChI is InChI=1S/C21H21ClN4O3/c1-14-18(20(24-29-14)15-3-5-16(22)6-4-15)11-26-19(27)9-17(10-23-26)25-12-21(13-25)7-2-8-28-21/h3-6,9-10H,2,7-8,11-13H2,1H3. The van der Waals surface area contributed by atoms with Gasteiger partial charge >= 0.3 is 0 Å². The van der Waals surface area contributed by atoms with Crippen LogP contribution in [0.3, 0.4) is 0 Å². The van der Waals surface area contributed by atoms with Crippen molar-refractivity contribution >= 4 is 17.3 Å². The number of aromatic nitrogens is 3. The van der Waals surface area contributed by atoms with Crippen LogP contribution in [0.25, 0.3) is 11.3 Å². The summed E-state index contributed by atoms with van der Waals surface area (Å²) in [6.45, 7) is 4.61. The summed E-state index contributed by atoms with van der Waals surface area (Å²) in [5.41, 5.74) is 3.08. The predicted octanol–water partition coefficient (Wildman–Crippen LogP) is 3.28. The molecule has 2 fully saturated rings. The van der Waals surface area contributed by atoms with Crippen molar-refractivity contribution in [2.24, 2.45) is 0 Å². The molecule has 2 aliphatic heterocycles. The van der Waals surface area contributed by atoms with E-state index in [1.165, 1.54) is 4.68 Å². The van der Waals surface area contributed by atoms with E-state index in [0.717, 1.165) is 49.4 Å². The van der Waals surface area contributed by atoms with E-state index in [0.29, 0.717) is 23.0 Å². The molecule has 2 aromatic heterocycles. The third-order valence-electron chi connectivity index (χ3n) is 5.77. The van der Waals surface area contributed by atoms with E-state index in [1.807, 2.05) is 19.1 Å². The van der Waals surface area contributed by atoms with Crippen LogP contribution in [-0.2, 0) is 11.3 Å². The molecule has 0 atom stereocenters. The average Bonchev–Trinajstić information content (AvgIpc) is 3.31. The van der Waals surface area contributed by atoms with Gasteiger partial charge in [-0.1, -0.05) is 28.9 Å². The van der Waals surface area contributed by atoms with Gasteiger partial charge in [-0.3, -0.25) is 4.79 Å². The van der Waals surface area contributed by atoms with E-state index in [1.54, 1.807) is 24.4 Å². The largest absolute Gasteiger partial charge is 0.371 e. The van der Waals surface area contributed by atoms with Gasteiger partial charge in [0.25, 0.3) is 5.56 Å². The maximum absolute atomic E-state index is 12.7. The van der Waals surface area contributed by atoms with Crippen molar-refractivity contribution in [3.05, 3.63) is 63.2 Å². The Kier molecular flexibility index (Phi) is 4.44. The van der Waals surface area contributed by atoms with E-state index < -0.39 is 0 Å². The first kappa shape index (κ1) is 18.4. The Balaban J connectivity index is 1.37. The molecule has 0 N–H and O–H groups in total. The normalized spacial score (nSPS) is 17.7. The molecule has 2 saturated heterocycles. The summed E-state index contributed by atoms with van der Waals surface area (Å²) in [6.07, 6.45) is 3.95. The maximum atomic E-state index is 12.7. The fraction of sp³-hybridized carbons (Fsp3) is 0.381. The van der Waals surface area contributed by atoms with Crippen LogP contribution in [0.1, 0.15) is 24.2 Å². The molecule has 5 rings (SSSR count). The third kappa shape index (κ3) is 3.34. The molecule has 29 heavy (non-hydrogen) atoms. The van der Waals surface area contributed by atoms with Gasteiger partial charge in [-0.05, 0) is 31.9 Å². The van der Waals surface area contributed by atoms with Gasteiger partial charge in [-0.25, -0.2) is 4.68 Å². The lowest BCUT2D eigenvalue weighted by Crippen LogP contribution is -2.61. The van der Waals surface area contributed by atoms with Crippen LogP contribution in [-0.4, -0.2) is 40.2 Å². The number of ether oxygens (including phenoxy) is 1. The number of aryl methyl sites for hydroxylation is 1. The maximum Gasteiger partial charge on any atom is 0.269 e. The first-order valence-corrected chi connectivity index (χ1v) is 10.1. The van der Waals surface area contributed by atoms with Crippen molar-refractivity contribution in [1.29, 1.82) is 0 Å². The molecule has 8 heteroatoms. The van der Waals surface area contributed by atoms with Crippen molar-refractivity contribution in [3.63, 3.8) is 0 Å². The summed E-state index contributed by atoms with van der Waals surface area (Å²) in [5.74, 6) is 0.663. The summed E-state index contributed by atoms with van der Waals surface area (Å²) < 4.78 is 12.7. The molecule has 0 radical (unpaired) electrons. The summed E-state index contributed by atoms with van der Waals surface area (Å²) in [4.78, 5) is 14.8. The molecule has 150 valence electrons. The number of benzene rings is 1. The predicted molar refractivity (Wildman–Crippen MR) is 109 cm³/mol. The minimum Gasteiger partial charge on any atom is -0.371 e. The van der Waals surface area contributed by atoms with Crippen molar-refractivity contribution in [3.8, 4) is 11.3 Å². The zero-order valence-electron chi connectivity index (χ0n) is 16.1. The Morgan fingerprint density at radius 2 is 2.03 bits per heavy atom. The van der Waals surface area contributed by atoms with Gasteiger partial charge in [-0.15, -0.1) is 0 Å². The molecule has 7 nitrogen and oxygen atoms in total. The molecule has 3 aromatic rings. The molecular weight excluding hydrogens is 392 g/mol. The zero-order chi connectivity index (χ0) is 20.0. The topological polar surface area (TPSA) is 73.4 Å². The zero-order valence-corrected chi connectivity index (χ0v) is 16.9. The Morgan fingerprint density at radius 1 is 1.24 bits per heavy atom. The van der Waals surface area contributed by atoms with Gasteiger partial charge in [0.2, 0.25) is 0 Å². The van der Waals surface area contributed by atoms with Gasteiger partial charge in [0.1, 0.15) is 17.1 Å². The van der Waals surface area contributed by atoms with Crippen molar-refractivity contribution in [1.82, 2.24) is 14.9 Å². The monoisotopic (exact) mass is 412 g/mol. The van der Waals surface area contributed by atoms with E-state index >= 15 is 0 Å². The van der Waals surface area contributed by atoms with Crippen molar-refractivity contribution in [2.45, 2.75) is 31.9 Å². The molecule has 2 aliphatic rings.